The highest BCUT2D eigenvalue weighted by Crippen LogP contribution is 2.31. The minimum absolute atomic E-state index is 0.197. The fraction of sp³-hybridized carbons (Fsp3) is 0.200. The molecule has 1 atom stereocenters. The molecule has 8 nitrogen and oxygen atoms in total. The van der Waals surface area contributed by atoms with E-state index in [1.165, 1.54) is 23.1 Å². The second kappa shape index (κ2) is 8.72. The van der Waals surface area contributed by atoms with Crippen molar-refractivity contribution < 1.29 is 9.53 Å². The predicted octanol–water partition coefficient (Wildman–Crippen LogP) is 3.97. The number of carbonyl (C=O) groups excluding carboxylic acids is 1. The van der Waals surface area contributed by atoms with Crippen molar-refractivity contribution in [2.75, 3.05) is 18.2 Å². The third-order valence-corrected chi connectivity index (χ3v) is 6.44. The fourth-order valence-corrected chi connectivity index (χ4v) is 4.76. The van der Waals surface area contributed by atoms with Crippen LogP contribution in [0.25, 0.3) is 10.2 Å². The van der Waals surface area contributed by atoms with Crippen LogP contribution < -0.4 is 15.8 Å². The summed E-state index contributed by atoms with van der Waals surface area (Å²) in [5, 5.41) is 12.1. The summed E-state index contributed by atoms with van der Waals surface area (Å²) in [5.74, 6) is 1.40. The van der Waals surface area contributed by atoms with E-state index in [9.17, 15) is 4.79 Å². The van der Waals surface area contributed by atoms with Crippen LogP contribution in [0, 0.1) is 0 Å². The number of aromatic nitrogens is 4. The van der Waals surface area contributed by atoms with Gasteiger partial charge in [-0.3, -0.25) is 9.36 Å². The van der Waals surface area contributed by atoms with Gasteiger partial charge in [-0.05, 0) is 30.7 Å². The highest BCUT2D eigenvalue weighted by Gasteiger charge is 2.23. The molecule has 2 aromatic heterocycles. The first kappa shape index (κ1) is 20.2. The Bertz CT molecular complexity index is 1170. The number of hydrogen-bond acceptors (Lipinski definition) is 8. The van der Waals surface area contributed by atoms with Crippen LogP contribution in [-0.2, 0) is 10.5 Å². The molecule has 0 bridgehead atoms. The Hall–Kier alpha value is -3.11. The molecule has 0 aliphatic rings. The molecule has 2 aromatic carbocycles. The number of anilines is 2. The van der Waals surface area contributed by atoms with Crippen LogP contribution in [-0.4, -0.2) is 32.8 Å². The molecule has 10 heteroatoms. The molecular weight excluding hydrogens is 420 g/mol. The van der Waals surface area contributed by atoms with Crippen molar-refractivity contribution in [3.63, 3.8) is 0 Å². The molecule has 0 saturated heterocycles. The third-order valence-electron chi connectivity index (χ3n) is 4.49. The number of thioether (sulfide) groups is 1. The zero-order valence-electron chi connectivity index (χ0n) is 16.4. The third kappa shape index (κ3) is 4.24. The Labute approximate surface area is 181 Å². The van der Waals surface area contributed by atoms with Gasteiger partial charge in [-0.15, -0.1) is 10.2 Å². The number of amides is 1. The van der Waals surface area contributed by atoms with Gasteiger partial charge in [0.15, 0.2) is 10.3 Å². The van der Waals surface area contributed by atoms with Gasteiger partial charge in [0.25, 0.3) is 0 Å². The summed E-state index contributed by atoms with van der Waals surface area (Å²) in [6, 6.07) is 15.0. The Morgan fingerprint density at radius 1 is 1.27 bits per heavy atom. The molecule has 30 heavy (non-hydrogen) atoms. The number of benzene rings is 2. The summed E-state index contributed by atoms with van der Waals surface area (Å²) in [5.41, 5.74) is 7.95. The normalized spacial score (nSPS) is 12.1. The molecule has 2 heterocycles. The molecule has 0 fully saturated rings. The maximum Gasteiger partial charge on any atom is 0.249 e. The molecule has 3 N–H and O–H groups in total. The molecular formula is C20H20N6O2S2. The largest absolute Gasteiger partial charge is 0.497 e. The van der Waals surface area contributed by atoms with Crippen molar-refractivity contribution in [3.05, 3.63) is 54.1 Å². The van der Waals surface area contributed by atoms with Gasteiger partial charge in [-0.2, -0.15) is 0 Å². The number of ether oxygens (including phenoxy) is 1. The van der Waals surface area contributed by atoms with Crippen molar-refractivity contribution in [2.24, 2.45) is 0 Å². The van der Waals surface area contributed by atoms with Crippen molar-refractivity contribution in [2.45, 2.75) is 23.9 Å². The van der Waals surface area contributed by atoms with Gasteiger partial charge in [0.2, 0.25) is 11.9 Å². The van der Waals surface area contributed by atoms with E-state index in [4.69, 9.17) is 10.5 Å². The standard InChI is InChI=1S/C20H20N6O2S2/c1-12(17(27)23-19-22-15-9-8-14(28-2)10-16(15)30-19)26-18(21)24-25-20(26)29-11-13-6-4-3-5-7-13/h3-10,12H,11H2,1-2H3,(H2,21,24)(H,22,23,27). The number of nitrogen functional groups attached to an aromatic ring is 1. The van der Waals surface area contributed by atoms with E-state index < -0.39 is 6.04 Å². The lowest BCUT2D eigenvalue weighted by Gasteiger charge is -2.15. The van der Waals surface area contributed by atoms with E-state index in [2.05, 4.69) is 20.5 Å². The van der Waals surface area contributed by atoms with E-state index in [-0.39, 0.29) is 11.9 Å². The predicted molar refractivity (Wildman–Crippen MR) is 120 cm³/mol. The lowest BCUT2D eigenvalue weighted by molar-refractivity contribution is -0.118. The van der Waals surface area contributed by atoms with E-state index in [0.29, 0.717) is 16.0 Å². The van der Waals surface area contributed by atoms with Crippen molar-refractivity contribution in [3.8, 4) is 5.75 Å². The van der Waals surface area contributed by atoms with Crippen LogP contribution in [0.4, 0.5) is 11.1 Å². The number of fused-ring (bicyclic) bond motifs is 1. The quantitative estimate of drug-likeness (QED) is 0.419. The number of carbonyl (C=O) groups is 1. The molecule has 0 saturated carbocycles. The lowest BCUT2D eigenvalue weighted by atomic mass is 10.2. The molecule has 0 aliphatic carbocycles. The van der Waals surface area contributed by atoms with Crippen molar-refractivity contribution in [1.29, 1.82) is 0 Å². The Kier molecular flexibility index (Phi) is 5.86. The molecule has 4 aromatic rings. The van der Waals surface area contributed by atoms with E-state index in [1.807, 2.05) is 48.5 Å². The van der Waals surface area contributed by atoms with E-state index in [0.717, 1.165) is 21.5 Å². The number of nitrogens with zero attached hydrogens (tertiary/aromatic N) is 4. The number of methoxy groups -OCH3 is 1. The number of rotatable bonds is 7. The van der Waals surface area contributed by atoms with Crippen LogP contribution in [0.5, 0.6) is 5.75 Å². The minimum atomic E-state index is -0.597. The second-order valence-corrected chi connectivity index (χ2v) is 8.48. The van der Waals surface area contributed by atoms with Gasteiger partial charge in [0, 0.05) is 5.75 Å². The first-order valence-electron chi connectivity index (χ1n) is 9.17. The maximum absolute atomic E-state index is 12.9. The van der Waals surface area contributed by atoms with Gasteiger partial charge in [-0.25, -0.2) is 4.98 Å². The zero-order chi connectivity index (χ0) is 21.1. The summed E-state index contributed by atoms with van der Waals surface area (Å²) in [6.45, 7) is 1.76. The summed E-state index contributed by atoms with van der Waals surface area (Å²) in [7, 11) is 1.61. The molecule has 1 amide bonds. The van der Waals surface area contributed by atoms with Crippen LogP contribution in [0.15, 0.2) is 53.7 Å². The van der Waals surface area contributed by atoms with Crippen LogP contribution >= 0.6 is 23.1 Å². The van der Waals surface area contributed by atoms with Crippen LogP contribution in [0.3, 0.4) is 0 Å². The molecule has 154 valence electrons. The highest BCUT2D eigenvalue weighted by atomic mass is 32.2. The highest BCUT2D eigenvalue weighted by molar-refractivity contribution is 7.98. The Morgan fingerprint density at radius 2 is 2.07 bits per heavy atom. The molecule has 0 radical (unpaired) electrons. The Balaban J connectivity index is 1.49. The number of nitrogens with two attached hydrogens (primary N) is 1. The summed E-state index contributed by atoms with van der Waals surface area (Å²) in [4.78, 5) is 17.3. The minimum Gasteiger partial charge on any atom is -0.497 e. The second-order valence-electron chi connectivity index (χ2n) is 6.50. The lowest BCUT2D eigenvalue weighted by Crippen LogP contribution is -2.25. The van der Waals surface area contributed by atoms with Gasteiger partial charge in [0.05, 0.1) is 17.3 Å². The van der Waals surface area contributed by atoms with Crippen LogP contribution in [0.1, 0.15) is 18.5 Å². The molecule has 0 aliphatic heterocycles. The van der Waals surface area contributed by atoms with Gasteiger partial charge in [-0.1, -0.05) is 53.4 Å². The maximum atomic E-state index is 12.9. The van der Waals surface area contributed by atoms with E-state index >= 15 is 0 Å². The SMILES string of the molecule is COc1ccc2nc(NC(=O)C(C)n3c(N)nnc3SCc3ccccc3)sc2c1. The number of thiazole rings is 1. The topological polar surface area (TPSA) is 108 Å². The Morgan fingerprint density at radius 3 is 2.83 bits per heavy atom. The van der Waals surface area contributed by atoms with Gasteiger partial charge >= 0.3 is 0 Å². The summed E-state index contributed by atoms with van der Waals surface area (Å²) < 4.78 is 7.81. The van der Waals surface area contributed by atoms with Gasteiger partial charge in [0.1, 0.15) is 11.8 Å². The van der Waals surface area contributed by atoms with Gasteiger partial charge < -0.3 is 15.8 Å². The summed E-state index contributed by atoms with van der Waals surface area (Å²) in [6.07, 6.45) is 0. The first-order chi connectivity index (χ1) is 14.5. The van der Waals surface area contributed by atoms with E-state index in [1.54, 1.807) is 18.6 Å². The van der Waals surface area contributed by atoms with Crippen molar-refractivity contribution >= 4 is 50.3 Å². The average Bonchev–Trinajstić information content (AvgIpc) is 3.34. The average molecular weight is 441 g/mol. The number of nitrogens with one attached hydrogen (secondary N) is 1. The van der Waals surface area contributed by atoms with Crippen LogP contribution in [0.2, 0.25) is 0 Å². The molecule has 0 spiro atoms. The first-order valence-corrected chi connectivity index (χ1v) is 11.0. The summed E-state index contributed by atoms with van der Waals surface area (Å²) >= 11 is 2.87. The fourth-order valence-electron chi connectivity index (χ4n) is 2.89. The monoisotopic (exact) mass is 440 g/mol. The molecule has 4 rings (SSSR count). The smallest absolute Gasteiger partial charge is 0.249 e. The molecule has 1 unspecified atom stereocenters. The van der Waals surface area contributed by atoms with Crippen molar-refractivity contribution in [1.82, 2.24) is 19.7 Å². The zero-order valence-corrected chi connectivity index (χ0v) is 18.0. The number of hydrogen-bond donors (Lipinski definition) is 2.